The number of nitrogens with zero attached hydrogens (tertiary/aromatic N) is 4. The van der Waals surface area contributed by atoms with Crippen molar-refractivity contribution in [1.82, 2.24) is 15.2 Å². The zero-order chi connectivity index (χ0) is 33.8. The van der Waals surface area contributed by atoms with E-state index in [4.69, 9.17) is 14.1 Å². The highest BCUT2D eigenvalue weighted by molar-refractivity contribution is 7.14. The van der Waals surface area contributed by atoms with E-state index >= 15 is 0 Å². The van der Waals surface area contributed by atoms with Gasteiger partial charge < -0.3 is 24.3 Å². The minimum Gasteiger partial charge on any atom is -0.445 e. The molecule has 2 aliphatic rings. The van der Waals surface area contributed by atoms with E-state index in [-0.39, 0.29) is 41.8 Å². The maximum absolute atomic E-state index is 13.3. The zero-order valence-electron chi connectivity index (χ0n) is 27.2. The van der Waals surface area contributed by atoms with Gasteiger partial charge in [-0.3, -0.25) is 14.9 Å². The Labute approximate surface area is 285 Å². The average Bonchev–Trinajstić information content (AvgIpc) is 3.74. The van der Waals surface area contributed by atoms with Gasteiger partial charge in [0, 0.05) is 49.1 Å². The molecule has 3 atom stereocenters. The number of benzene rings is 3. The summed E-state index contributed by atoms with van der Waals surface area (Å²) < 4.78 is 12.5. The van der Waals surface area contributed by atoms with Gasteiger partial charge in [0.25, 0.3) is 11.6 Å². The molecule has 2 aliphatic heterocycles. The second kappa shape index (κ2) is 14.3. The lowest BCUT2D eigenvalue weighted by molar-refractivity contribution is -0.384. The number of ether oxygens (including phenoxy) is 1. The minimum absolute atomic E-state index is 0.00314. The smallest absolute Gasteiger partial charge is 0.410 e. The summed E-state index contributed by atoms with van der Waals surface area (Å²) in [6, 6.07) is 26.5. The van der Waals surface area contributed by atoms with Crippen molar-refractivity contribution in [2.24, 2.45) is 11.3 Å². The molecule has 3 aromatic carbocycles. The predicted octanol–water partition coefficient (Wildman–Crippen LogP) is 4.56. The molecule has 250 valence electrons. The Morgan fingerprint density at radius 2 is 1.65 bits per heavy atom. The average molecular weight is 686 g/mol. The maximum Gasteiger partial charge on any atom is 0.410 e. The Morgan fingerprint density at radius 3 is 2.25 bits per heavy atom. The Morgan fingerprint density at radius 1 is 1.00 bits per heavy atom. The fourth-order valence-electron chi connectivity index (χ4n) is 6.04. The molecule has 6 rings (SSSR count). The quantitative estimate of drug-likeness (QED) is 0.146. The molecular weight excluding hydrogens is 647 g/mol. The normalized spacial score (nSPS) is 19.2. The lowest BCUT2D eigenvalue weighted by Gasteiger charge is -2.54. The van der Waals surface area contributed by atoms with E-state index in [9.17, 15) is 19.7 Å². The minimum atomic E-state index is -2.04. The van der Waals surface area contributed by atoms with Gasteiger partial charge >= 0.3 is 6.09 Å². The second-order valence-electron chi connectivity index (χ2n) is 13.3. The van der Waals surface area contributed by atoms with Gasteiger partial charge in [-0.2, -0.15) is 0 Å². The summed E-state index contributed by atoms with van der Waals surface area (Å²) in [6.07, 6.45) is -0.0778. The first kappa shape index (κ1) is 33.3. The summed E-state index contributed by atoms with van der Waals surface area (Å²) in [5, 5.41) is 18.8. The van der Waals surface area contributed by atoms with Crippen molar-refractivity contribution in [3.63, 3.8) is 0 Å². The van der Waals surface area contributed by atoms with E-state index in [2.05, 4.69) is 79.5 Å². The number of thiazole rings is 1. The molecule has 0 aliphatic carbocycles. The Hall–Kier alpha value is -4.59. The van der Waals surface area contributed by atoms with Gasteiger partial charge in [0.15, 0.2) is 5.13 Å². The Kier molecular flexibility index (Phi) is 9.90. The molecule has 48 heavy (non-hydrogen) atoms. The highest BCUT2D eigenvalue weighted by Crippen LogP contribution is 2.43. The van der Waals surface area contributed by atoms with Crippen LogP contribution < -0.4 is 20.6 Å². The van der Waals surface area contributed by atoms with Gasteiger partial charge in [0.05, 0.1) is 4.92 Å². The van der Waals surface area contributed by atoms with Crippen LogP contribution in [-0.4, -0.2) is 67.8 Å². The summed E-state index contributed by atoms with van der Waals surface area (Å²) in [4.78, 5) is 44.8. The summed E-state index contributed by atoms with van der Waals surface area (Å²) >= 11 is 1.43. The second-order valence-corrected chi connectivity index (χ2v) is 16.5. The number of nitrogens with one attached hydrogen (secondary N) is 1. The molecule has 0 saturated carbocycles. The Balaban J connectivity index is 1.07. The topological polar surface area (TPSA) is 127 Å². The number of nitro groups is 1. The molecule has 2 amide bonds. The van der Waals surface area contributed by atoms with E-state index in [0.717, 1.165) is 11.7 Å². The van der Waals surface area contributed by atoms with E-state index in [1.807, 2.05) is 12.1 Å². The van der Waals surface area contributed by atoms with Crippen molar-refractivity contribution >= 4 is 53.6 Å². The number of amides is 2. The molecule has 3 heterocycles. The van der Waals surface area contributed by atoms with Crippen LogP contribution in [0.4, 0.5) is 15.6 Å². The molecule has 4 aromatic rings. The highest BCUT2D eigenvalue weighted by atomic mass is 32.1. The van der Waals surface area contributed by atoms with Crippen LogP contribution in [-0.2, 0) is 15.8 Å². The van der Waals surface area contributed by atoms with Crippen LogP contribution in [0.3, 0.4) is 0 Å². The summed E-state index contributed by atoms with van der Waals surface area (Å²) in [7, 11) is -2.04. The van der Waals surface area contributed by atoms with E-state index < -0.39 is 20.1 Å². The van der Waals surface area contributed by atoms with E-state index in [1.165, 1.54) is 33.8 Å². The number of carbonyl (C=O) groups excluding carboxylic acids is 2. The van der Waals surface area contributed by atoms with Crippen LogP contribution in [0.25, 0.3) is 0 Å². The standard InChI is InChI=1S/C35H39N5O6SSi/c1-35(2,3)29-21-39(32(29)46-48(27-10-6-4-7-11-27)28-12-8-5-9-13-28)33-37-30(23-47-33)31(41)36-25-18-19-38(20-25)34(42)45-22-24-14-16-26(17-15-24)40(43)44/h4-17,23,25,29,32,48H,18-22H2,1-3H3,(H,36,41)/t25-,29?,32?/m1/s1. The van der Waals surface area contributed by atoms with Crippen molar-refractivity contribution in [3.8, 4) is 0 Å². The molecule has 1 N–H and O–H groups in total. The highest BCUT2D eigenvalue weighted by Gasteiger charge is 2.48. The van der Waals surface area contributed by atoms with Crippen molar-refractivity contribution in [1.29, 1.82) is 0 Å². The SMILES string of the molecule is CC(C)(C)C1CN(c2nc(C(=O)N[C@@H]3CCN(C(=O)OCc4ccc([N+](=O)[O-])cc4)C3)cs2)C1O[SiH](c1ccccc1)c1ccccc1. The monoisotopic (exact) mass is 685 g/mol. The molecule has 13 heteroatoms. The first-order valence-electron chi connectivity index (χ1n) is 16.0. The number of nitro benzene ring substituents is 1. The number of rotatable bonds is 10. The van der Waals surface area contributed by atoms with Crippen molar-refractivity contribution in [2.45, 2.75) is 46.1 Å². The summed E-state index contributed by atoms with van der Waals surface area (Å²) in [5.41, 5.74) is 0.984. The van der Waals surface area contributed by atoms with Gasteiger partial charge in [0.2, 0.25) is 9.04 Å². The van der Waals surface area contributed by atoms with Crippen LogP contribution in [0.5, 0.6) is 0 Å². The third-order valence-electron chi connectivity index (χ3n) is 8.90. The zero-order valence-corrected chi connectivity index (χ0v) is 29.1. The summed E-state index contributed by atoms with van der Waals surface area (Å²) in [6.45, 7) is 8.28. The molecule has 2 unspecified atom stereocenters. The molecule has 2 saturated heterocycles. The van der Waals surface area contributed by atoms with Crippen LogP contribution in [0.1, 0.15) is 43.2 Å². The number of hydrogen-bond acceptors (Lipinski definition) is 9. The number of likely N-dealkylation sites (tertiary alicyclic amines) is 1. The van der Waals surface area contributed by atoms with Gasteiger partial charge in [0.1, 0.15) is 18.5 Å². The molecule has 0 bridgehead atoms. The molecule has 0 spiro atoms. The number of non-ortho nitro benzene ring substituents is 1. The number of hydrogen-bond donors (Lipinski definition) is 1. The van der Waals surface area contributed by atoms with Gasteiger partial charge in [-0.15, -0.1) is 11.3 Å². The Bertz CT molecular complexity index is 1690. The molecular formula is C35H39N5O6SSi. The van der Waals surface area contributed by atoms with Crippen LogP contribution in [0.2, 0.25) is 0 Å². The van der Waals surface area contributed by atoms with Crippen molar-refractivity contribution in [3.05, 3.63) is 112 Å². The third-order valence-corrected chi connectivity index (χ3v) is 12.3. The fourth-order valence-corrected chi connectivity index (χ4v) is 9.34. The number of anilines is 1. The van der Waals surface area contributed by atoms with Gasteiger partial charge in [-0.1, -0.05) is 81.4 Å². The number of aromatic nitrogens is 1. The molecule has 11 nitrogen and oxygen atoms in total. The van der Waals surface area contributed by atoms with E-state index in [0.29, 0.717) is 30.8 Å². The number of carbonyl (C=O) groups is 2. The largest absolute Gasteiger partial charge is 0.445 e. The van der Waals surface area contributed by atoms with Crippen LogP contribution in [0.15, 0.2) is 90.3 Å². The van der Waals surface area contributed by atoms with Gasteiger partial charge in [-0.25, -0.2) is 9.78 Å². The van der Waals surface area contributed by atoms with Crippen molar-refractivity contribution < 1.29 is 23.7 Å². The predicted molar refractivity (Wildman–Crippen MR) is 187 cm³/mol. The lowest BCUT2D eigenvalue weighted by atomic mass is 9.74. The van der Waals surface area contributed by atoms with Crippen LogP contribution >= 0.6 is 11.3 Å². The molecule has 1 aromatic heterocycles. The van der Waals surface area contributed by atoms with Gasteiger partial charge in [-0.05, 0) is 39.9 Å². The fraction of sp³-hybridized carbons (Fsp3) is 0.343. The first-order chi connectivity index (χ1) is 23.1. The molecule has 0 radical (unpaired) electrons. The van der Waals surface area contributed by atoms with Crippen LogP contribution in [0, 0.1) is 21.4 Å². The van der Waals surface area contributed by atoms with Crippen molar-refractivity contribution in [2.75, 3.05) is 24.5 Å². The summed E-state index contributed by atoms with van der Waals surface area (Å²) in [5.74, 6) is 0.000481. The molecule has 2 fully saturated rings. The third kappa shape index (κ3) is 7.59. The lowest BCUT2D eigenvalue weighted by Crippen LogP contribution is -2.65. The first-order valence-corrected chi connectivity index (χ1v) is 18.5. The maximum atomic E-state index is 13.3. The van der Waals surface area contributed by atoms with E-state index in [1.54, 1.807) is 22.4 Å².